The van der Waals surface area contributed by atoms with Crippen LogP contribution in [0.4, 0.5) is 5.69 Å². The average molecular weight is 350 g/mol. The van der Waals surface area contributed by atoms with Crippen LogP contribution in [0.1, 0.15) is 46.4 Å². The zero-order valence-electron chi connectivity index (χ0n) is 13.0. The molecular weight excluding hydrogens is 332 g/mol. The molecule has 2 fully saturated rings. The van der Waals surface area contributed by atoms with E-state index in [2.05, 4.69) is 0 Å². The van der Waals surface area contributed by atoms with E-state index in [1.807, 2.05) is 11.8 Å². The molecule has 0 aromatic heterocycles. The van der Waals surface area contributed by atoms with Crippen LogP contribution in [0.3, 0.4) is 0 Å². The van der Waals surface area contributed by atoms with E-state index in [-0.39, 0.29) is 28.8 Å². The van der Waals surface area contributed by atoms with Crippen molar-refractivity contribution >= 4 is 29.3 Å². The Morgan fingerprint density at radius 3 is 2.62 bits per heavy atom. The van der Waals surface area contributed by atoms with Gasteiger partial charge in [-0.05, 0) is 18.9 Å². The van der Waals surface area contributed by atoms with Gasteiger partial charge in [0.25, 0.3) is 11.6 Å². The maximum absolute atomic E-state index is 12.9. The summed E-state index contributed by atoms with van der Waals surface area (Å²) >= 11 is 1.88. The highest BCUT2D eigenvalue weighted by atomic mass is 32.2. The molecule has 1 aliphatic heterocycles. The number of benzene rings is 1. The number of carbonyl (C=O) groups excluding carboxylic acids is 1. The topological polar surface area (TPSA) is 101 Å². The minimum Gasteiger partial charge on any atom is -0.478 e. The summed E-state index contributed by atoms with van der Waals surface area (Å²) in [6, 6.07) is 3.53. The highest BCUT2D eigenvalue weighted by molar-refractivity contribution is 8.00. The summed E-state index contributed by atoms with van der Waals surface area (Å²) < 4.78 is 0. The molecule has 2 atom stereocenters. The summed E-state index contributed by atoms with van der Waals surface area (Å²) in [5.41, 5.74) is -0.526. The lowest BCUT2D eigenvalue weighted by Gasteiger charge is -2.43. The first-order valence-corrected chi connectivity index (χ1v) is 8.97. The first-order valence-electron chi connectivity index (χ1n) is 7.92. The van der Waals surface area contributed by atoms with E-state index < -0.39 is 10.9 Å². The number of hydrogen-bond donors (Lipinski definition) is 1. The smallest absolute Gasteiger partial charge is 0.335 e. The second kappa shape index (κ2) is 6.80. The Labute approximate surface area is 143 Å². The Morgan fingerprint density at radius 2 is 1.92 bits per heavy atom. The molecule has 24 heavy (non-hydrogen) atoms. The number of hydrogen-bond acceptors (Lipinski definition) is 5. The normalized spacial score (nSPS) is 23.4. The van der Waals surface area contributed by atoms with Gasteiger partial charge in [0.05, 0.1) is 10.5 Å². The van der Waals surface area contributed by atoms with E-state index in [4.69, 9.17) is 5.11 Å². The lowest BCUT2D eigenvalue weighted by Crippen LogP contribution is -2.51. The predicted molar refractivity (Wildman–Crippen MR) is 89.6 cm³/mol. The van der Waals surface area contributed by atoms with Crippen LogP contribution in [0.2, 0.25) is 0 Å². The van der Waals surface area contributed by atoms with Gasteiger partial charge >= 0.3 is 5.97 Å². The number of aromatic carboxylic acids is 1. The molecule has 3 rings (SSSR count). The number of carbonyl (C=O) groups is 2. The second-order valence-electron chi connectivity index (χ2n) is 6.09. The van der Waals surface area contributed by atoms with Gasteiger partial charge < -0.3 is 10.0 Å². The molecule has 2 aliphatic rings. The van der Waals surface area contributed by atoms with E-state index >= 15 is 0 Å². The van der Waals surface area contributed by atoms with Gasteiger partial charge in [0.15, 0.2) is 0 Å². The number of thioether (sulfide) groups is 1. The first kappa shape index (κ1) is 16.8. The van der Waals surface area contributed by atoms with Crippen molar-refractivity contribution in [1.82, 2.24) is 4.90 Å². The van der Waals surface area contributed by atoms with Crippen molar-refractivity contribution in [3.05, 3.63) is 39.4 Å². The summed E-state index contributed by atoms with van der Waals surface area (Å²) in [4.78, 5) is 36.3. The van der Waals surface area contributed by atoms with E-state index in [0.29, 0.717) is 11.8 Å². The highest BCUT2D eigenvalue weighted by Gasteiger charge is 2.37. The quantitative estimate of drug-likeness (QED) is 0.664. The van der Waals surface area contributed by atoms with Crippen LogP contribution in [0.5, 0.6) is 0 Å². The van der Waals surface area contributed by atoms with E-state index in [1.54, 1.807) is 4.90 Å². The summed E-state index contributed by atoms with van der Waals surface area (Å²) in [5, 5.41) is 20.6. The Kier molecular flexibility index (Phi) is 4.75. The molecule has 0 radical (unpaired) electrons. The average Bonchev–Trinajstić information content (AvgIpc) is 2.60. The Morgan fingerprint density at radius 1 is 1.21 bits per heavy atom. The van der Waals surface area contributed by atoms with Crippen molar-refractivity contribution in [2.75, 3.05) is 12.3 Å². The molecule has 8 heteroatoms. The SMILES string of the molecule is O=C(O)c1cc(C(=O)N2CCSC3CCCCC32)cc([N+](=O)[O-])c1. The Bertz CT molecular complexity index is 659. The Hall–Kier alpha value is -2.09. The van der Waals surface area contributed by atoms with E-state index in [9.17, 15) is 19.7 Å². The van der Waals surface area contributed by atoms with Gasteiger partial charge in [0.1, 0.15) is 0 Å². The molecule has 1 heterocycles. The highest BCUT2D eigenvalue weighted by Crippen LogP contribution is 2.36. The van der Waals surface area contributed by atoms with Gasteiger partial charge in [-0.3, -0.25) is 14.9 Å². The number of carboxylic acid groups (broad SMARTS) is 1. The number of non-ortho nitro benzene ring substituents is 1. The Balaban J connectivity index is 1.93. The van der Waals surface area contributed by atoms with Gasteiger partial charge in [-0.15, -0.1) is 0 Å². The maximum atomic E-state index is 12.9. The monoisotopic (exact) mass is 350 g/mol. The first-order chi connectivity index (χ1) is 11.5. The van der Waals surface area contributed by atoms with Crippen LogP contribution < -0.4 is 0 Å². The third-order valence-electron chi connectivity index (χ3n) is 4.62. The number of rotatable bonds is 3. The van der Waals surface area contributed by atoms with Crippen LogP contribution in [0.25, 0.3) is 0 Å². The van der Waals surface area contributed by atoms with Crippen LogP contribution >= 0.6 is 11.8 Å². The number of nitro benzene ring substituents is 1. The van der Waals surface area contributed by atoms with Crippen molar-refractivity contribution in [3.8, 4) is 0 Å². The summed E-state index contributed by atoms with van der Waals surface area (Å²) in [7, 11) is 0. The number of carboxylic acids is 1. The fourth-order valence-electron chi connectivity index (χ4n) is 3.48. The van der Waals surface area contributed by atoms with Crippen LogP contribution in [-0.4, -0.2) is 50.4 Å². The summed E-state index contributed by atoms with van der Waals surface area (Å²) in [5.74, 6) is -0.746. The van der Waals surface area contributed by atoms with Gasteiger partial charge in [0, 0.05) is 41.3 Å². The number of nitro groups is 1. The fraction of sp³-hybridized carbons (Fsp3) is 0.500. The maximum Gasteiger partial charge on any atom is 0.335 e. The third kappa shape index (κ3) is 3.24. The van der Waals surface area contributed by atoms with Gasteiger partial charge in [-0.1, -0.05) is 12.8 Å². The molecular formula is C16H18N2O5S. The van der Waals surface area contributed by atoms with Crippen LogP contribution in [-0.2, 0) is 0 Å². The van der Waals surface area contributed by atoms with Crippen LogP contribution in [0.15, 0.2) is 18.2 Å². The van der Waals surface area contributed by atoms with Crippen molar-refractivity contribution in [3.63, 3.8) is 0 Å². The van der Waals surface area contributed by atoms with Gasteiger partial charge in [-0.2, -0.15) is 11.8 Å². The van der Waals surface area contributed by atoms with Crippen molar-refractivity contribution < 1.29 is 19.6 Å². The molecule has 1 saturated heterocycles. The molecule has 1 amide bonds. The van der Waals surface area contributed by atoms with E-state index in [0.717, 1.165) is 37.5 Å². The fourth-order valence-corrected chi connectivity index (χ4v) is 4.92. The summed E-state index contributed by atoms with van der Waals surface area (Å²) in [6.45, 7) is 0.593. The molecule has 2 unspecified atom stereocenters. The lowest BCUT2D eigenvalue weighted by atomic mass is 9.92. The van der Waals surface area contributed by atoms with E-state index in [1.165, 1.54) is 12.1 Å². The van der Waals surface area contributed by atoms with Crippen molar-refractivity contribution in [2.45, 2.75) is 37.0 Å². The standard InChI is InChI=1S/C16H18N2O5S/c19-15(17-5-6-24-14-4-2-1-3-13(14)17)10-7-11(16(20)21)9-12(8-10)18(22)23/h7-9,13-14H,1-6H2,(H,20,21). The molecule has 128 valence electrons. The minimum atomic E-state index is -1.28. The molecule has 0 bridgehead atoms. The number of amides is 1. The number of fused-ring (bicyclic) bond motifs is 1. The zero-order valence-corrected chi connectivity index (χ0v) is 13.8. The van der Waals surface area contributed by atoms with Gasteiger partial charge in [-0.25, -0.2) is 4.79 Å². The molecule has 1 aromatic carbocycles. The summed E-state index contributed by atoms with van der Waals surface area (Å²) in [6.07, 6.45) is 4.25. The van der Waals surface area contributed by atoms with Crippen molar-refractivity contribution in [2.24, 2.45) is 0 Å². The predicted octanol–water partition coefficient (Wildman–Crippen LogP) is 2.79. The molecule has 1 aliphatic carbocycles. The zero-order chi connectivity index (χ0) is 17.3. The lowest BCUT2D eigenvalue weighted by molar-refractivity contribution is -0.384. The minimum absolute atomic E-state index is 0.0813. The van der Waals surface area contributed by atoms with Crippen LogP contribution in [0, 0.1) is 10.1 Å². The second-order valence-corrected chi connectivity index (χ2v) is 7.44. The largest absolute Gasteiger partial charge is 0.478 e. The van der Waals surface area contributed by atoms with Crippen molar-refractivity contribution in [1.29, 1.82) is 0 Å². The third-order valence-corrected chi connectivity index (χ3v) is 6.01. The molecule has 1 saturated carbocycles. The molecule has 1 aromatic rings. The van der Waals surface area contributed by atoms with Gasteiger partial charge in [0.2, 0.25) is 0 Å². The molecule has 1 N–H and O–H groups in total. The molecule has 7 nitrogen and oxygen atoms in total. The molecule has 0 spiro atoms. The number of nitrogens with zero attached hydrogens (tertiary/aromatic N) is 2.